The first-order valence-electron chi connectivity index (χ1n) is 6.04. The fourth-order valence-electron chi connectivity index (χ4n) is 1.50. The van der Waals surface area contributed by atoms with E-state index in [1.807, 2.05) is 25.1 Å². The predicted octanol–water partition coefficient (Wildman–Crippen LogP) is 2.54. The second-order valence-corrected chi connectivity index (χ2v) is 4.59. The molecule has 0 atom stereocenters. The van der Waals surface area contributed by atoms with Crippen molar-refractivity contribution >= 4 is 0 Å². The highest BCUT2D eigenvalue weighted by molar-refractivity contribution is 5.36. The standard InChI is InChI=1S/C14H22O3/c1-11(2)10-16-6-7-17-14-5-4-12(3)8-13(14)9-15/h4-5,8,11,15H,6-7,9-10H2,1-3H3. The van der Waals surface area contributed by atoms with E-state index in [1.165, 1.54) is 0 Å². The minimum atomic E-state index is 0.00383. The SMILES string of the molecule is Cc1ccc(OCCOCC(C)C)c(CO)c1. The minimum Gasteiger partial charge on any atom is -0.491 e. The maximum atomic E-state index is 9.21. The Kier molecular flexibility index (Phi) is 6.01. The molecule has 0 amide bonds. The van der Waals surface area contributed by atoms with Crippen LogP contribution in [0.15, 0.2) is 18.2 Å². The van der Waals surface area contributed by atoms with Crippen molar-refractivity contribution in [2.45, 2.75) is 27.4 Å². The Labute approximate surface area is 103 Å². The maximum Gasteiger partial charge on any atom is 0.124 e. The molecule has 96 valence electrons. The van der Waals surface area contributed by atoms with E-state index in [2.05, 4.69) is 13.8 Å². The van der Waals surface area contributed by atoms with Gasteiger partial charge >= 0.3 is 0 Å². The van der Waals surface area contributed by atoms with Crippen LogP contribution in [-0.4, -0.2) is 24.9 Å². The Morgan fingerprint density at radius 1 is 1.24 bits per heavy atom. The average molecular weight is 238 g/mol. The van der Waals surface area contributed by atoms with Gasteiger partial charge in [0.1, 0.15) is 12.4 Å². The molecule has 1 N–H and O–H groups in total. The first-order valence-corrected chi connectivity index (χ1v) is 6.04. The van der Waals surface area contributed by atoms with Crippen LogP contribution in [0.1, 0.15) is 25.0 Å². The molecule has 0 saturated carbocycles. The molecule has 0 saturated heterocycles. The zero-order valence-electron chi connectivity index (χ0n) is 10.9. The topological polar surface area (TPSA) is 38.7 Å². The van der Waals surface area contributed by atoms with Gasteiger partial charge < -0.3 is 14.6 Å². The van der Waals surface area contributed by atoms with E-state index in [9.17, 15) is 5.11 Å². The van der Waals surface area contributed by atoms with Crippen molar-refractivity contribution in [1.29, 1.82) is 0 Å². The number of aliphatic hydroxyl groups excluding tert-OH is 1. The summed E-state index contributed by atoms with van der Waals surface area (Å²) in [5.74, 6) is 1.29. The summed E-state index contributed by atoms with van der Waals surface area (Å²) in [4.78, 5) is 0. The van der Waals surface area contributed by atoms with Crippen LogP contribution in [0.5, 0.6) is 5.75 Å². The van der Waals surface area contributed by atoms with E-state index >= 15 is 0 Å². The van der Waals surface area contributed by atoms with E-state index in [1.54, 1.807) is 0 Å². The van der Waals surface area contributed by atoms with Gasteiger partial charge in [-0.2, -0.15) is 0 Å². The molecule has 0 radical (unpaired) electrons. The van der Waals surface area contributed by atoms with Crippen LogP contribution in [0.25, 0.3) is 0 Å². The van der Waals surface area contributed by atoms with Crippen molar-refractivity contribution in [3.8, 4) is 5.75 Å². The van der Waals surface area contributed by atoms with Crippen LogP contribution in [0, 0.1) is 12.8 Å². The number of benzene rings is 1. The van der Waals surface area contributed by atoms with Crippen molar-refractivity contribution in [3.05, 3.63) is 29.3 Å². The van der Waals surface area contributed by atoms with Crippen molar-refractivity contribution in [1.82, 2.24) is 0 Å². The fourth-order valence-corrected chi connectivity index (χ4v) is 1.50. The van der Waals surface area contributed by atoms with Crippen LogP contribution in [0.4, 0.5) is 0 Å². The van der Waals surface area contributed by atoms with Gasteiger partial charge in [-0.05, 0) is 18.9 Å². The molecule has 0 bridgehead atoms. The summed E-state index contributed by atoms with van der Waals surface area (Å²) in [6, 6.07) is 5.80. The lowest BCUT2D eigenvalue weighted by Gasteiger charge is -2.11. The van der Waals surface area contributed by atoms with Crippen molar-refractivity contribution in [2.24, 2.45) is 5.92 Å². The predicted molar refractivity (Wildman–Crippen MR) is 68.3 cm³/mol. The quantitative estimate of drug-likeness (QED) is 0.742. The third-order valence-electron chi connectivity index (χ3n) is 2.32. The second kappa shape index (κ2) is 7.30. The fraction of sp³-hybridized carbons (Fsp3) is 0.571. The third-order valence-corrected chi connectivity index (χ3v) is 2.32. The molecule has 0 aromatic heterocycles. The molecule has 0 spiro atoms. The van der Waals surface area contributed by atoms with Gasteiger partial charge in [0.25, 0.3) is 0 Å². The van der Waals surface area contributed by atoms with Crippen LogP contribution in [0.3, 0.4) is 0 Å². The van der Waals surface area contributed by atoms with E-state index in [-0.39, 0.29) is 6.61 Å². The lowest BCUT2D eigenvalue weighted by molar-refractivity contribution is 0.0812. The molecule has 17 heavy (non-hydrogen) atoms. The van der Waals surface area contributed by atoms with E-state index in [0.29, 0.717) is 19.1 Å². The highest BCUT2D eigenvalue weighted by Gasteiger charge is 2.03. The number of rotatable bonds is 7. The Morgan fingerprint density at radius 3 is 2.65 bits per heavy atom. The van der Waals surface area contributed by atoms with Crippen LogP contribution >= 0.6 is 0 Å². The van der Waals surface area contributed by atoms with E-state index < -0.39 is 0 Å². The summed E-state index contributed by atoms with van der Waals surface area (Å²) in [6.45, 7) is 8.08. The number of aliphatic hydroxyl groups is 1. The Balaban J connectivity index is 2.36. The lowest BCUT2D eigenvalue weighted by Crippen LogP contribution is -2.11. The van der Waals surface area contributed by atoms with Gasteiger partial charge in [0.05, 0.1) is 13.2 Å². The Morgan fingerprint density at radius 2 is 2.00 bits per heavy atom. The van der Waals surface area contributed by atoms with Gasteiger partial charge in [-0.25, -0.2) is 0 Å². The van der Waals surface area contributed by atoms with Crippen LogP contribution in [-0.2, 0) is 11.3 Å². The molecule has 0 aliphatic carbocycles. The lowest BCUT2D eigenvalue weighted by atomic mass is 10.1. The van der Waals surface area contributed by atoms with Crippen LogP contribution in [0.2, 0.25) is 0 Å². The number of ether oxygens (including phenoxy) is 2. The summed E-state index contributed by atoms with van der Waals surface area (Å²) in [6.07, 6.45) is 0. The molecule has 1 rings (SSSR count). The van der Waals surface area contributed by atoms with Crippen molar-refractivity contribution in [2.75, 3.05) is 19.8 Å². The molecule has 0 fully saturated rings. The minimum absolute atomic E-state index is 0.00383. The summed E-state index contributed by atoms with van der Waals surface area (Å²) in [7, 11) is 0. The van der Waals surface area contributed by atoms with Gasteiger partial charge in [-0.1, -0.05) is 31.5 Å². The van der Waals surface area contributed by atoms with E-state index in [4.69, 9.17) is 9.47 Å². The smallest absolute Gasteiger partial charge is 0.124 e. The van der Waals surface area contributed by atoms with E-state index in [0.717, 1.165) is 23.5 Å². The summed E-state index contributed by atoms with van der Waals surface area (Å²) >= 11 is 0. The zero-order valence-corrected chi connectivity index (χ0v) is 10.9. The maximum absolute atomic E-state index is 9.21. The number of hydrogen-bond donors (Lipinski definition) is 1. The number of aryl methyl sites for hydroxylation is 1. The summed E-state index contributed by atoms with van der Waals surface area (Å²) < 4.78 is 11.0. The van der Waals surface area contributed by atoms with Gasteiger partial charge in [-0.3, -0.25) is 0 Å². The van der Waals surface area contributed by atoms with Gasteiger partial charge in [-0.15, -0.1) is 0 Å². The van der Waals surface area contributed by atoms with Gasteiger partial charge in [0.15, 0.2) is 0 Å². The molecular formula is C14H22O3. The highest BCUT2D eigenvalue weighted by Crippen LogP contribution is 2.19. The Bertz CT molecular complexity index is 334. The molecule has 0 unspecified atom stereocenters. The molecular weight excluding hydrogens is 216 g/mol. The Hall–Kier alpha value is -1.06. The van der Waals surface area contributed by atoms with Gasteiger partial charge in [0.2, 0.25) is 0 Å². The van der Waals surface area contributed by atoms with Crippen LogP contribution < -0.4 is 4.74 Å². The summed E-state index contributed by atoms with van der Waals surface area (Å²) in [5, 5.41) is 9.21. The molecule has 3 heteroatoms. The molecule has 0 aliphatic heterocycles. The largest absolute Gasteiger partial charge is 0.491 e. The van der Waals surface area contributed by atoms with Crippen molar-refractivity contribution < 1.29 is 14.6 Å². The monoisotopic (exact) mass is 238 g/mol. The first-order chi connectivity index (χ1) is 8.13. The molecule has 3 nitrogen and oxygen atoms in total. The van der Waals surface area contributed by atoms with Crippen molar-refractivity contribution in [3.63, 3.8) is 0 Å². The third kappa shape index (κ3) is 5.20. The molecule has 0 heterocycles. The van der Waals surface area contributed by atoms with Gasteiger partial charge in [0, 0.05) is 12.2 Å². The molecule has 0 aliphatic rings. The zero-order chi connectivity index (χ0) is 12.7. The molecule has 1 aromatic carbocycles. The highest BCUT2D eigenvalue weighted by atomic mass is 16.5. The average Bonchev–Trinajstić information content (AvgIpc) is 2.29. The second-order valence-electron chi connectivity index (χ2n) is 4.59. The summed E-state index contributed by atoms with van der Waals surface area (Å²) in [5.41, 5.74) is 1.95. The number of hydrogen-bond acceptors (Lipinski definition) is 3. The molecule has 1 aromatic rings. The normalized spacial score (nSPS) is 10.9. The first kappa shape index (κ1) is 14.0.